The highest BCUT2D eigenvalue weighted by Gasteiger charge is 2.25. The summed E-state index contributed by atoms with van der Waals surface area (Å²) in [5.74, 6) is -0.313. The van der Waals surface area contributed by atoms with Crippen molar-refractivity contribution in [2.24, 2.45) is 0 Å². The van der Waals surface area contributed by atoms with Crippen molar-refractivity contribution in [2.45, 2.75) is 39.3 Å². The van der Waals surface area contributed by atoms with Crippen LogP contribution in [-0.4, -0.2) is 30.6 Å². The highest BCUT2D eigenvalue weighted by molar-refractivity contribution is 9.10. The minimum atomic E-state index is -0.313. The quantitative estimate of drug-likeness (QED) is 0.344. The molecule has 164 valence electrons. The van der Waals surface area contributed by atoms with E-state index in [2.05, 4.69) is 75.3 Å². The predicted octanol–water partition coefficient (Wildman–Crippen LogP) is 6.10. The van der Waals surface area contributed by atoms with Gasteiger partial charge in [0.15, 0.2) is 5.65 Å². The molecule has 0 radical (unpaired) electrons. The topological polar surface area (TPSA) is 38.4 Å². The van der Waals surface area contributed by atoms with Crippen LogP contribution in [0, 0.1) is 5.82 Å². The first kappa shape index (κ1) is 20.9. The summed E-state index contributed by atoms with van der Waals surface area (Å²) in [5.41, 5.74) is 5.78. The van der Waals surface area contributed by atoms with Gasteiger partial charge in [-0.15, -0.1) is 0 Å². The van der Waals surface area contributed by atoms with Gasteiger partial charge < -0.3 is 9.47 Å². The summed E-state index contributed by atoms with van der Waals surface area (Å²) >= 11 is 3.31. The Bertz CT molecular complexity index is 1320. The van der Waals surface area contributed by atoms with Crippen LogP contribution in [-0.2, 0) is 13.0 Å². The fraction of sp³-hybridized carbons (Fsp3) is 0.280. The Balaban J connectivity index is 1.55. The standard InChI is InChI=1S/C25H25BrFN5/c1-4-19-14-22(16(2)31-12-6-11-30-10-5-7-24(30)17(31)3)28-25-15-23(29-32(19)25)20-9-8-18(26)13-21(20)27/h5,7-10,13-15,17H,2,4,6,11-12H2,1,3H3. The molecule has 0 N–H and O–H groups in total. The number of rotatable bonds is 4. The molecule has 1 aromatic carbocycles. The molecule has 0 amide bonds. The third-order valence-electron chi connectivity index (χ3n) is 6.27. The molecule has 4 heterocycles. The Labute approximate surface area is 195 Å². The lowest BCUT2D eigenvalue weighted by Gasteiger charge is -2.31. The molecule has 0 saturated carbocycles. The van der Waals surface area contributed by atoms with Gasteiger partial charge in [0.1, 0.15) is 5.82 Å². The molecule has 0 aliphatic carbocycles. The number of aryl methyl sites for hydroxylation is 2. The summed E-state index contributed by atoms with van der Waals surface area (Å²) in [6.07, 6.45) is 3.97. The Morgan fingerprint density at radius 1 is 1.22 bits per heavy atom. The van der Waals surface area contributed by atoms with Crippen molar-refractivity contribution in [1.29, 1.82) is 0 Å². The second-order valence-corrected chi connectivity index (χ2v) is 9.12. The average Bonchev–Trinajstić information content (AvgIpc) is 3.39. The molecule has 7 heteroatoms. The Hall–Kier alpha value is -2.93. The molecule has 5 rings (SSSR count). The summed E-state index contributed by atoms with van der Waals surface area (Å²) < 4.78 is 19.4. The summed E-state index contributed by atoms with van der Waals surface area (Å²) in [4.78, 5) is 7.22. The molecular weight excluding hydrogens is 469 g/mol. The Kier molecular flexibility index (Phi) is 5.37. The van der Waals surface area contributed by atoms with Crippen molar-refractivity contribution in [3.63, 3.8) is 0 Å². The molecule has 32 heavy (non-hydrogen) atoms. The Morgan fingerprint density at radius 3 is 2.84 bits per heavy atom. The molecule has 1 unspecified atom stereocenters. The van der Waals surface area contributed by atoms with Crippen LogP contribution in [0.1, 0.15) is 43.4 Å². The molecule has 0 saturated heterocycles. The monoisotopic (exact) mass is 493 g/mol. The van der Waals surface area contributed by atoms with Crippen LogP contribution in [0.4, 0.5) is 4.39 Å². The third-order valence-corrected chi connectivity index (χ3v) is 6.76. The maximum atomic E-state index is 14.6. The van der Waals surface area contributed by atoms with Gasteiger partial charge in [-0.1, -0.05) is 29.4 Å². The number of benzene rings is 1. The number of nitrogens with zero attached hydrogens (tertiary/aromatic N) is 5. The highest BCUT2D eigenvalue weighted by Crippen LogP contribution is 2.32. The van der Waals surface area contributed by atoms with Crippen LogP contribution in [0.3, 0.4) is 0 Å². The van der Waals surface area contributed by atoms with E-state index in [0.717, 1.165) is 43.0 Å². The van der Waals surface area contributed by atoms with Crippen molar-refractivity contribution < 1.29 is 4.39 Å². The highest BCUT2D eigenvalue weighted by atomic mass is 79.9. The molecule has 1 aliphatic rings. The van der Waals surface area contributed by atoms with Gasteiger partial charge in [0.25, 0.3) is 0 Å². The fourth-order valence-electron chi connectivity index (χ4n) is 4.56. The van der Waals surface area contributed by atoms with Gasteiger partial charge in [0.05, 0.1) is 23.1 Å². The number of fused-ring (bicyclic) bond motifs is 2. The zero-order chi connectivity index (χ0) is 22.4. The van der Waals surface area contributed by atoms with E-state index in [4.69, 9.17) is 4.98 Å². The molecule has 0 fully saturated rings. The average molecular weight is 494 g/mol. The van der Waals surface area contributed by atoms with Crippen LogP contribution in [0.15, 0.2) is 59.7 Å². The maximum absolute atomic E-state index is 14.6. The van der Waals surface area contributed by atoms with E-state index in [9.17, 15) is 4.39 Å². The molecule has 4 aromatic rings. The molecule has 0 bridgehead atoms. The van der Waals surface area contributed by atoms with Crippen LogP contribution in [0.5, 0.6) is 0 Å². The van der Waals surface area contributed by atoms with Crippen molar-refractivity contribution in [1.82, 2.24) is 24.1 Å². The van der Waals surface area contributed by atoms with Crippen LogP contribution >= 0.6 is 15.9 Å². The van der Waals surface area contributed by atoms with Gasteiger partial charge in [-0.25, -0.2) is 13.9 Å². The molecule has 3 aromatic heterocycles. The smallest absolute Gasteiger partial charge is 0.156 e. The van der Waals surface area contributed by atoms with E-state index in [-0.39, 0.29) is 11.9 Å². The number of aromatic nitrogens is 4. The van der Waals surface area contributed by atoms with Crippen LogP contribution < -0.4 is 0 Å². The van der Waals surface area contributed by atoms with Gasteiger partial charge in [-0.3, -0.25) is 0 Å². The first-order valence-corrected chi connectivity index (χ1v) is 11.7. The van der Waals surface area contributed by atoms with E-state index in [1.807, 2.05) is 16.6 Å². The van der Waals surface area contributed by atoms with Gasteiger partial charge in [-0.05, 0) is 56.2 Å². The summed E-state index contributed by atoms with van der Waals surface area (Å²) in [5, 5.41) is 4.66. The molecule has 0 spiro atoms. The van der Waals surface area contributed by atoms with E-state index in [0.29, 0.717) is 21.4 Å². The van der Waals surface area contributed by atoms with Crippen LogP contribution in [0.25, 0.3) is 22.6 Å². The lowest BCUT2D eigenvalue weighted by Crippen LogP contribution is -2.26. The first-order valence-electron chi connectivity index (χ1n) is 10.9. The van der Waals surface area contributed by atoms with E-state index < -0.39 is 0 Å². The molecular formula is C25H25BrFN5. The lowest BCUT2D eigenvalue weighted by atomic mass is 10.1. The van der Waals surface area contributed by atoms with E-state index in [1.54, 1.807) is 6.07 Å². The Morgan fingerprint density at radius 2 is 2.06 bits per heavy atom. The maximum Gasteiger partial charge on any atom is 0.156 e. The molecule has 1 atom stereocenters. The number of hydrogen-bond donors (Lipinski definition) is 0. The van der Waals surface area contributed by atoms with Gasteiger partial charge in [-0.2, -0.15) is 5.10 Å². The SMILES string of the molecule is C=C(c1cc(CC)n2nc(-c3ccc(Br)cc3F)cc2n1)N1CCCn2cccc2C1C. The summed E-state index contributed by atoms with van der Waals surface area (Å²) in [6.45, 7) is 10.7. The van der Waals surface area contributed by atoms with Gasteiger partial charge >= 0.3 is 0 Å². The molecule has 1 aliphatic heterocycles. The van der Waals surface area contributed by atoms with Gasteiger partial charge in [0.2, 0.25) is 0 Å². The van der Waals surface area contributed by atoms with Crippen LogP contribution in [0.2, 0.25) is 0 Å². The summed E-state index contributed by atoms with van der Waals surface area (Å²) in [7, 11) is 0. The number of halogens is 2. The van der Waals surface area contributed by atoms with Crippen molar-refractivity contribution in [3.8, 4) is 11.3 Å². The zero-order valence-electron chi connectivity index (χ0n) is 18.2. The first-order chi connectivity index (χ1) is 15.5. The van der Waals surface area contributed by atoms with E-state index in [1.165, 1.54) is 11.8 Å². The predicted molar refractivity (Wildman–Crippen MR) is 129 cm³/mol. The largest absolute Gasteiger partial charge is 0.362 e. The zero-order valence-corrected chi connectivity index (χ0v) is 19.8. The normalized spacial score (nSPS) is 16.2. The third kappa shape index (κ3) is 3.54. The van der Waals surface area contributed by atoms with Gasteiger partial charge in [0, 0.05) is 46.8 Å². The lowest BCUT2D eigenvalue weighted by molar-refractivity contribution is 0.323. The fourth-order valence-corrected chi connectivity index (χ4v) is 4.89. The van der Waals surface area contributed by atoms with E-state index >= 15 is 0 Å². The second-order valence-electron chi connectivity index (χ2n) is 8.21. The second kappa shape index (κ2) is 8.20. The van der Waals surface area contributed by atoms with Crippen molar-refractivity contribution in [2.75, 3.05) is 6.54 Å². The minimum Gasteiger partial charge on any atom is -0.362 e. The number of hydrogen-bond acceptors (Lipinski definition) is 3. The van der Waals surface area contributed by atoms with Crippen molar-refractivity contribution >= 4 is 27.3 Å². The molecule has 5 nitrogen and oxygen atoms in total. The summed E-state index contributed by atoms with van der Waals surface area (Å²) in [6, 6.07) is 13.4. The minimum absolute atomic E-state index is 0.209. The van der Waals surface area contributed by atoms with Crippen molar-refractivity contribution in [3.05, 3.63) is 82.6 Å².